The number of rotatable bonds is 9. The summed E-state index contributed by atoms with van der Waals surface area (Å²) in [5, 5.41) is 0. The van der Waals surface area contributed by atoms with E-state index < -0.39 is 6.10 Å². The number of benzene rings is 3. The summed E-state index contributed by atoms with van der Waals surface area (Å²) in [6.07, 6.45) is 18.5. The maximum atomic E-state index is 13.1. The molecule has 0 radical (unpaired) electrons. The summed E-state index contributed by atoms with van der Waals surface area (Å²) in [5.41, 5.74) is 7.19. The minimum absolute atomic E-state index is 0.331. The summed E-state index contributed by atoms with van der Waals surface area (Å²) in [5.74, 6) is -0.331. The van der Waals surface area contributed by atoms with E-state index in [1.165, 1.54) is 24.8 Å². The highest BCUT2D eigenvalue weighted by molar-refractivity contribution is 5.90. The third kappa shape index (κ3) is 6.60. The highest BCUT2D eigenvalue weighted by atomic mass is 16.5. The molecule has 0 saturated heterocycles. The molecule has 182 valence electrons. The third-order valence-electron chi connectivity index (χ3n) is 6.40. The van der Waals surface area contributed by atoms with Crippen LogP contribution in [0.4, 0.5) is 0 Å². The van der Waals surface area contributed by atoms with Crippen LogP contribution < -0.4 is 0 Å². The van der Waals surface area contributed by atoms with Gasteiger partial charge in [0.05, 0.1) is 5.56 Å². The predicted octanol–water partition coefficient (Wildman–Crippen LogP) is 9.07. The third-order valence-corrected chi connectivity index (χ3v) is 6.40. The number of hydrogen-bond donors (Lipinski definition) is 0. The van der Waals surface area contributed by atoms with E-state index in [1.807, 2.05) is 85.8 Å². The summed E-state index contributed by atoms with van der Waals surface area (Å²) in [6, 6.07) is 24.5. The van der Waals surface area contributed by atoms with Crippen LogP contribution >= 0.6 is 0 Å². The van der Waals surface area contributed by atoms with Gasteiger partial charge in [-0.2, -0.15) is 0 Å². The maximum Gasteiger partial charge on any atom is 0.339 e. The Hall–Kier alpha value is -3.91. The monoisotopic (exact) mass is 474 g/mol. The summed E-state index contributed by atoms with van der Waals surface area (Å²) in [4.78, 5) is 13.1. The predicted molar refractivity (Wildman–Crippen MR) is 151 cm³/mol. The zero-order valence-electron chi connectivity index (χ0n) is 21.2. The summed E-state index contributed by atoms with van der Waals surface area (Å²) >= 11 is 0. The molecule has 0 fully saturated rings. The number of carbonyl (C=O) groups is 1. The maximum absolute atomic E-state index is 13.1. The molecule has 2 heteroatoms. The highest BCUT2D eigenvalue weighted by Crippen LogP contribution is 2.30. The van der Waals surface area contributed by atoms with Crippen molar-refractivity contribution in [1.82, 2.24) is 0 Å². The van der Waals surface area contributed by atoms with Gasteiger partial charge in [0, 0.05) is 5.56 Å². The average Bonchev–Trinajstić information content (AvgIpc) is 3.09. The Balaban J connectivity index is 1.49. The Morgan fingerprint density at radius 2 is 1.58 bits per heavy atom. The zero-order valence-corrected chi connectivity index (χ0v) is 21.2. The van der Waals surface area contributed by atoms with Gasteiger partial charge in [-0.25, -0.2) is 4.79 Å². The molecule has 0 aliphatic heterocycles. The number of aryl methyl sites for hydroxylation is 1. The standard InChI is InChI=1S/C34H34O2/c1-3-5-7-11-26-15-18-28(19-16-26)29-21-23-31(24-22-29)34(35)36-33-25-27(12-8-6-4-2)17-20-30-13-9-10-14-32(30)33/h4,6,8-10,12-25,33H,3,5,7,11H2,1-2H3/b6-4-,12-8-. The van der Waals surface area contributed by atoms with Gasteiger partial charge in [-0.05, 0) is 65.8 Å². The van der Waals surface area contributed by atoms with Gasteiger partial charge in [-0.15, -0.1) is 0 Å². The van der Waals surface area contributed by atoms with E-state index in [-0.39, 0.29) is 5.97 Å². The molecule has 1 aliphatic rings. The van der Waals surface area contributed by atoms with Crippen LogP contribution in [-0.4, -0.2) is 5.97 Å². The van der Waals surface area contributed by atoms with Crippen LogP contribution in [-0.2, 0) is 11.2 Å². The van der Waals surface area contributed by atoms with E-state index in [2.05, 4.69) is 43.3 Å². The number of carbonyl (C=O) groups excluding carboxylic acids is 1. The van der Waals surface area contributed by atoms with E-state index in [9.17, 15) is 4.79 Å². The van der Waals surface area contributed by atoms with Crippen LogP contribution in [0.15, 0.2) is 115 Å². The van der Waals surface area contributed by atoms with Crippen LogP contribution in [0, 0.1) is 0 Å². The van der Waals surface area contributed by atoms with E-state index in [1.54, 1.807) is 0 Å². The average molecular weight is 475 g/mol. The van der Waals surface area contributed by atoms with E-state index in [0.717, 1.165) is 34.2 Å². The first kappa shape index (κ1) is 25.2. The molecular weight excluding hydrogens is 440 g/mol. The molecule has 0 N–H and O–H groups in total. The smallest absolute Gasteiger partial charge is 0.339 e. The Morgan fingerprint density at radius 3 is 2.31 bits per heavy atom. The molecule has 3 aromatic carbocycles. The van der Waals surface area contributed by atoms with Gasteiger partial charge in [0.2, 0.25) is 0 Å². The van der Waals surface area contributed by atoms with Crippen LogP contribution in [0.25, 0.3) is 17.2 Å². The lowest BCUT2D eigenvalue weighted by Crippen LogP contribution is -2.11. The van der Waals surface area contributed by atoms with Gasteiger partial charge in [-0.3, -0.25) is 0 Å². The largest absolute Gasteiger partial charge is 0.450 e. The zero-order chi connectivity index (χ0) is 25.2. The Morgan fingerprint density at radius 1 is 0.861 bits per heavy atom. The molecule has 0 bridgehead atoms. The van der Waals surface area contributed by atoms with E-state index in [0.29, 0.717) is 5.56 Å². The van der Waals surface area contributed by atoms with Crippen molar-refractivity contribution in [3.63, 3.8) is 0 Å². The SMILES string of the molecule is C/C=C\C=C/C1=CC(OC(=O)c2ccc(-c3ccc(CCCCC)cc3)cc2)c2ccccc2C=C1. The molecule has 0 amide bonds. The van der Waals surface area contributed by atoms with Crippen LogP contribution in [0.1, 0.15) is 66.3 Å². The fraction of sp³-hybridized carbons (Fsp3) is 0.206. The number of unbranched alkanes of at least 4 members (excludes halogenated alkanes) is 2. The molecule has 1 aliphatic carbocycles. The van der Waals surface area contributed by atoms with Gasteiger partial charge in [0.1, 0.15) is 6.10 Å². The molecule has 0 heterocycles. The Labute approximate surface area is 215 Å². The number of fused-ring (bicyclic) bond motifs is 1. The van der Waals surface area contributed by atoms with E-state index in [4.69, 9.17) is 4.74 Å². The Bertz CT molecular complexity index is 1270. The first-order valence-corrected chi connectivity index (χ1v) is 12.9. The van der Waals surface area contributed by atoms with Gasteiger partial charge in [0.15, 0.2) is 0 Å². The second kappa shape index (κ2) is 12.7. The van der Waals surface area contributed by atoms with Crippen molar-refractivity contribution in [2.45, 2.75) is 45.6 Å². The molecule has 1 unspecified atom stereocenters. The van der Waals surface area contributed by atoms with Gasteiger partial charge < -0.3 is 4.74 Å². The minimum Gasteiger partial charge on any atom is -0.450 e. The second-order valence-corrected chi connectivity index (χ2v) is 9.07. The van der Waals surface area contributed by atoms with Gasteiger partial charge in [-0.1, -0.05) is 117 Å². The van der Waals surface area contributed by atoms with Crippen molar-refractivity contribution >= 4 is 12.0 Å². The highest BCUT2D eigenvalue weighted by Gasteiger charge is 2.20. The molecule has 0 spiro atoms. The topological polar surface area (TPSA) is 26.3 Å². The normalized spacial score (nSPS) is 15.1. The fourth-order valence-electron chi connectivity index (χ4n) is 4.34. The van der Waals surface area contributed by atoms with Gasteiger partial charge >= 0.3 is 5.97 Å². The Kier molecular flexibility index (Phi) is 8.88. The van der Waals surface area contributed by atoms with Crippen molar-refractivity contribution in [2.75, 3.05) is 0 Å². The molecule has 1 atom stereocenters. The minimum atomic E-state index is -0.464. The lowest BCUT2D eigenvalue weighted by molar-refractivity contribution is 0.0391. The second-order valence-electron chi connectivity index (χ2n) is 9.07. The van der Waals surface area contributed by atoms with Crippen molar-refractivity contribution in [3.8, 4) is 11.1 Å². The molecular formula is C34H34O2. The molecule has 0 aromatic heterocycles. The summed E-state index contributed by atoms with van der Waals surface area (Å²) in [6.45, 7) is 4.21. The van der Waals surface area contributed by atoms with E-state index >= 15 is 0 Å². The van der Waals surface area contributed by atoms with Crippen LogP contribution in [0.5, 0.6) is 0 Å². The fourth-order valence-corrected chi connectivity index (χ4v) is 4.34. The lowest BCUT2D eigenvalue weighted by Gasteiger charge is -2.17. The molecule has 0 saturated carbocycles. The van der Waals surface area contributed by atoms with Crippen molar-refractivity contribution in [2.24, 2.45) is 0 Å². The van der Waals surface area contributed by atoms with Gasteiger partial charge in [0.25, 0.3) is 0 Å². The number of ether oxygens (including phenoxy) is 1. The summed E-state index contributed by atoms with van der Waals surface area (Å²) in [7, 11) is 0. The van der Waals surface area contributed by atoms with Crippen molar-refractivity contribution in [3.05, 3.63) is 137 Å². The molecule has 36 heavy (non-hydrogen) atoms. The molecule has 2 nitrogen and oxygen atoms in total. The van der Waals surface area contributed by atoms with Crippen LogP contribution in [0.3, 0.4) is 0 Å². The van der Waals surface area contributed by atoms with Crippen molar-refractivity contribution in [1.29, 1.82) is 0 Å². The van der Waals surface area contributed by atoms with Crippen molar-refractivity contribution < 1.29 is 9.53 Å². The molecule has 4 rings (SSSR count). The number of esters is 1. The number of hydrogen-bond acceptors (Lipinski definition) is 2. The quantitative estimate of drug-likeness (QED) is 0.176. The first-order chi connectivity index (χ1) is 17.7. The lowest BCUT2D eigenvalue weighted by atomic mass is 10.0. The summed E-state index contributed by atoms with van der Waals surface area (Å²) < 4.78 is 6.02. The first-order valence-electron chi connectivity index (χ1n) is 12.9. The molecule has 3 aromatic rings. The number of allylic oxidation sites excluding steroid dienone is 6. The van der Waals surface area contributed by atoms with Crippen LogP contribution in [0.2, 0.25) is 0 Å².